The number of hydrogen-bond acceptors (Lipinski definition) is 4. The maximum atomic E-state index is 13.4. The lowest BCUT2D eigenvalue weighted by Gasteiger charge is -1.97. The Hall–Kier alpha value is -1.82. The van der Waals surface area contributed by atoms with Crippen LogP contribution < -0.4 is 5.73 Å². The van der Waals surface area contributed by atoms with Gasteiger partial charge in [-0.25, -0.2) is 8.78 Å². The van der Waals surface area contributed by atoms with E-state index >= 15 is 0 Å². The van der Waals surface area contributed by atoms with Gasteiger partial charge < -0.3 is 10.3 Å². The Morgan fingerprint density at radius 1 is 1.29 bits per heavy atom. The molecule has 0 aliphatic heterocycles. The van der Waals surface area contributed by atoms with E-state index in [-0.39, 0.29) is 11.5 Å². The van der Waals surface area contributed by atoms with Crippen LogP contribution in [0, 0.1) is 11.6 Å². The lowest BCUT2D eigenvalue weighted by molar-refractivity contribution is 0.417. The van der Waals surface area contributed by atoms with Gasteiger partial charge in [-0.1, -0.05) is 11.2 Å². The third kappa shape index (κ3) is 2.47. The molecule has 2 rings (SSSR count). The quantitative estimate of drug-likeness (QED) is 0.885. The lowest BCUT2D eigenvalue weighted by atomic mass is 10.2. The SMILES string of the molecule is NCCCc1noc(-c2cccc(F)c2F)n1. The zero-order valence-electron chi connectivity index (χ0n) is 8.99. The van der Waals surface area contributed by atoms with Gasteiger partial charge in [-0.3, -0.25) is 0 Å². The summed E-state index contributed by atoms with van der Waals surface area (Å²) in [6, 6.07) is 3.81. The molecule has 0 saturated carbocycles. The van der Waals surface area contributed by atoms with Crippen molar-refractivity contribution in [2.45, 2.75) is 12.8 Å². The Balaban J connectivity index is 2.27. The molecule has 2 aromatic rings. The predicted molar refractivity (Wildman–Crippen MR) is 57.0 cm³/mol. The van der Waals surface area contributed by atoms with Crippen molar-refractivity contribution in [2.24, 2.45) is 5.73 Å². The molecule has 0 aliphatic carbocycles. The minimum atomic E-state index is -0.985. The topological polar surface area (TPSA) is 64.9 Å². The predicted octanol–water partition coefficient (Wildman–Crippen LogP) is 1.91. The number of hydrogen-bond donors (Lipinski definition) is 1. The summed E-state index contributed by atoms with van der Waals surface area (Å²) in [5.41, 5.74) is 5.31. The Labute approximate surface area is 96.4 Å². The number of nitrogens with zero attached hydrogens (tertiary/aromatic N) is 2. The number of rotatable bonds is 4. The highest BCUT2D eigenvalue weighted by atomic mass is 19.2. The van der Waals surface area contributed by atoms with Crippen LogP contribution in [-0.2, 0) is 6.42 Å². The van der Waals surface area contributed by atoms with E-state index in [9.17, 15) is 8.78 Å². The first-order valence-electron chi connectivity index (χ1n) is 5.19. The first-order valence-corrected chi connectivity index (χ1v) is 5.19. The Bertz CT molecular complexity index is 513. The van der Waals surface area contributed by atoms with Crippen LogP contribution in [0.15, 0.2) is 22.7 Å². The maximum Gasteiger partial charge on any atom is 0.261 e. The summed E-state index contributed by atoms with van der Waals surface area (Å²) in [5, 5.41) is 3.67. The fraction of sp³-hybridized carbons (Fsp3) is 0.273. The van der Waals surface area contributed by atoms with E-state index in [1.54, 1.807) is 0 Å². The van der Waals surface area contributed by atoms with Crippen molar-refractivity contribution in [2.75, 3.05) is 6.54 Å². The van der Waals surface area contributed by atoms with Crippen LogP contribution in [0.3, 0.4) is 0 Å². The average Bonchev–Trinajstić information content (AvgIpc) is 2.78. The fourth-order valence-electron chi connectivity index (χ4n) is 1.39. The summed E-state index contributed by atoms with van der Waals surface area (Å²) < 4.78 is 31.3. The molecule has 1 heterocycles. The molecule has 0 amide bonds. The van der Waals surface area contributed by atoms with Gasteiger partial charge in [-0.2, -0.15) is 4.98 Å². The molecular formula is C11H11F2N3O. The molecule has 90 valence electrons. The van der Waals surface area contributed by atoms with Gasteiger partial charge in [-0.05, 0) is 25.1 Å². The number of aryl methyl sites for hydroxylation is 1. The molecule has 1 aromatic carbocycles. The zero-order chi connectivity index (χ0) is 12.3. The molecule has 1 aromatic heterocycles. The van der Waals surface area contributed by atoms with E-state index < -0.39 is 11.6 Å². The Kier molecular flexibility index (Phi) is 3.43. The first-order chi connectivity index (χ1) is 8.22. The number of halogens is 2. The van der Waals surface area contributed by atoms with E-state index in [0.717, 1.165) is 6.07 Å². The van der Waals surface area contributed by atoms with Crippen LogP contribution in [0.5, 0.6) is 0 Å². The van der Waals surface area contributed by atoms with Crippen molar-refractivity contribution in [1.29, 1.82) is 0 Å². The normalized spacial score (nSPS) is 10.8. The molecule has 0 atom stereocenters. The van der Waals surface area contributed by atoms with Crippen molar-refractivity contribution < 1.29 is 13.3 Å². The highest BCUT2D eigenvalue weighted by molar-refractivity contribution is 5.53. The van der Waals surface area contributed by atoms with Gasteiger partial charge in [0.15, 0.2) is 17.5 Å². The molecule has 0 spiro atoms. The largest absolute Gasteiger partial charge is 0.334 e. The molecule has 4 nitrogen and oxygen atoms in total. The maximum absolute atomic E-state index is 13.4. The first kappa shape index (κ1) is 11.7. The summed E-state index contributed by atoms with van der Waals surface area (Å²) in [7, 11) is 0. The van der Waals surface area contributed by atoms with Gasteiger partial charge in [0.25, 0.3) is 5.89 Å². The van der Waals surface area contributed by atoms with Crippen LogP contribution in [0.1, 0.15) is 12.2 Å². The van der Waals surface area contributed by atoms with Gasteiger partial charge in [0.05, 0.1) is 5.56 Å². The summed E-state index contributed by atoms with van der Waals surface area (Å²) in [6.07, 6.45) is 1.27. The van der Waals surface area contributed by atoms with Gasteiger partial charge in [0.1, 0.15) is 0 Å². The van der Waals surface area contributed by atoms with Gasteiger partial charge in [0, 0.05) is 6.42 Å². The van der Waals surface area contributed by atoms with Crippen molar-refractivity contribution >= 4 is 0 Å². The molecule has 0 unspecified atom stereocenters. The summed E-state index contributed by atoms with van der Waals surface area (Å²) >= 11 is 0. The second kappa shape index (κ2) is 5.01. The van der Waals surface area contributed by atoms with E-state index in [4.69, 9.17) is 10.3 Å². The van der Waals surface area contributed by atoms with Crippen LogP contribution in [0.2, 0.25) is 0 Å². The zero-order valence-corrected chi connectivity index (χ0v) is 8.99. The summed E-state index contributed by atoms with van der Waals surface area (Å²) in [5.74, 6) is -1.51. The minimum absolute atomic E-state index is 0.0194. The van der Waals surface area contributed by atoms with Gasteiger partial charge in [-0.15, -0.1) is 0 Å². The Morgan fingerprint density at radius 2 is 2.12 bits per heavy atom. The van der Waals surface area contributed by atoms with Crippen molar-refractivity contribution in [1.82, 2.24) is 10.1 Å². The second-order valence-electron chi connectivity index (χ2n) is 3.51. The van der Waals surface area contributed by atoms with Gasteiger partial charge in [0.2, 0.25) is 0 Å². The smallest absolute Gasteiger partial charge is 0.261 e. The standard InChI is InChI=1S/C11H11F2N3O/c12-8-4-1-3-7(10(8)13)11-15-9(16-17-11)5-2-6-14/h1,3-4H,2,5-6,14H2. The minimum Gasteiger partial charge on any atom is -0.334 e. The van der Waals surface area contributed by atoms with E-state index in [1.165, 1.54) is 12.1 Å². The van der Waals surface area contributed by atoms with E-state index in [0.29, 0.717) is 25.2 Å². The molecule has 0 fully saturated rings. The number of aromatic nitrogens is 2. The third-order valence-electron chi connectivity index (χ3n) is 2.25. The van der Waals surface area contributed by atoms with E-state index in [1.807, 2.05) is 0 Å². The third-order valence-corrected chi connectivity index (χ3v) is 2.25. The van der Waals surface area contributed by atoms with Crippen LogP contribution in [-0.4, -0.2) is 16.7 Å². The monoisotopic (exact) mass is 239 g/mol. The molecular weight excluding hydrogens is 228 g/mol. The summed E-state index contributed by atoms with van der Waals surface area (Å²) in [4.78, 5) is 3.98. The van der Waals surface area contributed by atoms with Crippen molar-refractivity contribution in [3.63, 3.8) is 0 Å². The van der Waals surface area contributed by atoms with Crippen molar-refractivity contribution in [3.8, 4) is 11.5 Å². The van der Waals surface area contributed by atoms with Gasteiger partial charge >= 0.3 is 0 Å². The molecule has 2 N–H and O–H groups in total. The van der Waals surface area contributed by atoms with Crippen LogP contribution in [0.4, 0.5) is 8.78 Å². The number of nitrogens with two attached hydrogens (primary N) is 1. The molecule has 17 heavy (non-hydrogen) atoms. The van der Waals surface area contributed by atoms with E-state index in [2.05, 4.69) is 10.1 Å². The lowest BCUT2D eigenvalue weighted by Crippen LogP contribution is -2.01. The number of benzene rings is 1. The average molecular weight is 239 g/mol. The Morgan fingerprint density at radius 3 is 2.88 bits per heavy atom. The molecule has 0 bridgehead atoms. The molecule has 0 aliphatic rings. The molecule has 0 saturated heterocycles. The highest BCUT2D eigenvalue weighted by Crippen LogP contribution is 2.22. The highest BCUT2D eigenvalue weighted by Gasteiger charge is 2.15. The fourth-order valence-corrected chi connectivity index (χ4v) is 1.39. The molecule has 0 radical (unpaired) electrons. The second-order valence-corrected chi connectivity index (χ2v) is 3.51. The van der Waals surface area contributed by atoms with Crippen molar-refractivity contribution in [3.05, 3.63) is 35.7 Å². The molecule has 6 heteroatoms. The van der Waals surface area contributed by atoms with Crippen LogP contribution in [0.25, 0.3) is 11.5 Å². The summed E-state index contributed by atoms with van der Waals surface area (Å²) in [6.45, 7) is 0.512. The van der Waals surface area contributed by atoms with Crippen LogP contribution >= 0.6 is 0 Å².